The van der Waals surface area contributed by atoms with Crippen molar-refractivity contribution >= 4 is 5.97 Å². The Kier molecular flexibility index (Phi) is 3.45. The fourth-order valence-corrected chi connectivity index (χ4v) is 2.10. The van der Waals surface area contributed by atoms with Gasteiger partial charge in [0.25, 0.3) is 0 Å². The zero-order chi connectivity index (χ0) is 12.4. The second-order valence-corrected chi connectivity index (χ2v) is 4.42. The molecule has 1 heterocycles. The van der Waals surface area contributed by atoms with Gasteiger partial charge in [-0.05, 0) is 33.1 Å². The first kappa shape index (κ1) is 12.1. The van der Waals surface area contributed by atoms with Crippen LogP contribution in [-0.2, 0) is 9.53 Å². The van der Waals surface area contributed by atoms with Gasteiger partial charge in [-0.3, -0.25) is 4.79 Å². The van der Waals surface area contributed by atoms with Crippen molar-refractivity contribution in [2.45, 2.75) is 52.0 Å². The van der Waals surface area contributed by atoms with Gasteiger partial charge in [0, 0.05) is 6.04 Å². The van der Waals surface area contributed by atoms with Crippen LogP contribution in [0.5, 0.6) is 0 Å². The molecule has 1 aromatic heterocycles. The number of hydrogen-bond donors (Lipinski definition) is 0. The third-order valence-electron chi connectivity index (χ3n) is 3.10. The van der Waals surface area contributed by atoms with Crippen LogP contribution in [0.2, 0.25) is 0 Å². The minimum absolute atomic E-state index is 0.190. The standard InChI is InChI=1S/C12H19N3O2/c1-4-10(12(16)17-5-2)11-14-13-8(3)15(11)9-6-7-9/h9-10H,4-7H2,1-3H3. The number of ether oxygens (including phenoxy) is 1. The van der Waals surface area contributed by atoms with Gasteiger partial charge in [0.1, 0.15) is 17.6 Å². The van der Waals surface area contributed by atoms with E-state index in [2.05, 4.69) is 14.8 Å². The lowest BCUT2D eigenvalue weighted by Gasteiger charge is -2.14. The van der Waals surface area contributed by atoms with Gasteiger partial charge in [-0.1, -0.05) is 6.92 Å². The Labute approximate surface area is 101 Å². The van der Waals surface area contributed by atoms with E-state index in [0.717, 1.165) is 24.5 Å². The number of aromatic nitrogens is 3. The lowest BCUT2D eigenvalue weighted by atomic mass is 10.1. The van der Waals surface area contributed by atoms with Crippen LogP contribution in [0.4, 0.5) is 0 Å². The Hall–Kier alpha value is -1.39. The van der Waals surface area contributed by atoms with Crippen molar-refractivity contribution in [2.24, 2.45) is 0 Å². The molecule has 2 rings (SSSR count). The first-order chi connectivity index (χ1) is 8.19. The van der Waals surface area contributed by atoms with Crippen molar-refractivity contribution in [2.75, 3.05) is 6.61 Å². The number of carbonyl (C=O) groups excluding carboxylic acids is 1. The monoisotopic (exact) mass is 237 g/mol. The van der Waals surface area contributed by atoms with Gasteiger partial charge in [0.05, 0.1) is 6.61 Å². The molecule has 5 heteroatoms. The molecule has 1 fully saturated rings. The largest absolute Gasteiger partial charge is 0.465 e. The smallest absolute Gasteiger partial charge is 0.316 e. The summed E-state index contributed by atoms with van der Waals surface area (Å²) in [6.07, 6.45) is 3.01. The highest BCUT2D eigenvalue weighted by atomic mass is 16.5. The average Bonchev–Trinajstić information content (AvgIpc) is 3.06. The Morgan fingerprint density at radius 3 is 2.71 bits per heavy atom. The van der Waals surface area contributed by atoms with E-state index in [1.807, 2.05) is 20.8 Å². The fourth-order valence-electron chi connectivity index (χ4n) is 2.10. The molecule has 1 unspecified atom stereocenters. The minimum atomic E-state index is -0.281. The lowest BCUT2D eigenvalue weighted by molar-refractivity contribution is -0.145. The summed E-state index contributed by atoms with van der Waals surface area (Å²) in [6, 6.07) is 0.489. The first-order valence-corrected chi connectivity index (χ1v) is 6.27. The highest BCUT2D eigenvalue weighted by Gasteiger charge is 2.33. The Bertz CT molecular complexity index is 410. The highest BCUT2D eigenvalue weighted by Crippen LogP contribution is 2.38. The van der Waals surface area contributed by atoms with Gasteiger partial charge in [0.2, 0.25) is 0 Å². The Morgan fingerprint density at radius 2 is 2.18 bits per heavy atom. The molecule has 0 bridgehead atoms. The summed E-state index contributed by atoms with van der Waals surface area (Å²) in [4.78, 5) is 11.9. The fraction of sp³-hybridized carbons (Fsp3) is 0.750. The number of nitrogens with zero attached hydrogens (tertiary/aromatic N) is 3. The van der Waals surface area contributed by atoms with Crippen molar-refractivity contribution in [1.29, 1.82) is 0 Å². The van der Waals surface area contributed by atoms with Gasteiger partial charge in [0.15, 0.2) is 0 Å². The second-order valence-electron chi connectivity index (χ2n) is 4.42. The molecule has 1 atom stereocenters. The number of rotatable bonds is 5. The van der Waals surface area contributed by atoms with Gasteiger partial charge < -0.3 is 9.30 Å². The average molecular weight is 237 g/mol. The molecule has 1 saturated carbocycles. The van der Waals surface area contributed by atoms with Crippen LogP contribution in [0.1, 0.15) is 56.7 Å². The lowest BCUT2D eigenvalue weighted by Crippen LogP contribution is -2.19. The highest BCUT2D eigenvalue weighted by molar-refractivity contribution is 5.77. The van der Waals surface area contributed by atoms with Crippen LogP contribution < -0.4 is 0 Å². The summed E-state index contributed by atoms with van der Waals surface area (Å²) >= 11 is 0. The molecule has 0 aliphatic heterocycles. The third kappa shape index (κ3) is 2.33. The molecule has 0 N–H and O–H groups in total. The molecule has 1 aromatic rings. The molecule has 0 saturated heterocycles. The molecule has 17 heavy (non-hydrogen) atoms. The summed E-state index contributed by atoms with van der Waals surface area (Å²) in [5.74, 6) is 1.19. The predicted molar refractivity (Wildman–Crippen MR) is 62.7 cm³/mol. The maximum atomic E-state index is 11.9. The van der Waals surface area contributed by atoms with Crippen molar-refractivity contribution in [3.05, 3.63) is 11.6 Å². The van der Waals surface area contributed by atoms with Crippen LogP contribution in [0.15, 0.2) is 0 Å². The quantitative estimate of drug-likeness (QED) is 0.735. The van der Waals surface area contributed by atoms with E-state index in [4.69, 9.17) is 4.74 Å². The van der Waals surface area contributed by atoms with Crippen LogP contribution in [0, 0.1) is 6.92 Å². The van der Waals surface area contributed by atoms with Crippen LogP contribution in [0.3, 0.4) is 0 Å². The molecule has 0 amide bonds. The van der Waals surface area contributed by atoms with Crippen molar-refractivity contribution < 1.29 is 9.53 Å². The molecule has 94 valence electrons. The Morgan fingerprint density at radius 1 is 1.47 bits per heavy atom. The van der Waals surface area contributed by atoms with E-state index in [-0.39, 0.29) is 11.9 Å². The van der Waals surface area contributed by atoms with E-state index < -0.39 is 0 Å². The maximum absolute atomic E-state index is 11.9. The molecule has 0 radical (unpaired) electrons. The normalized spacial score (nSPS) is 16.9. The summed E-state index contributed by atoms with van der Waals surface area (Å²) in [5.41, 5.74) is 0. The molecule has 0 aromatic carbocycles. The zero-order valence-electron chi connectivity index (χ0n) is 10.6. The SMILES string of the molecule is CCOC(=O)C(CC)c1nnc(C)n1C1CC1. The van der Waals surface area contributed by atoms with Crippen molar-refractivity contribution in [3.63, 3.8) is 0 Å². The topological polar surface area (TPSA) is 57.0 Å². The first-order valence-electron chi connectivity index (χ1n) is 6.27. The summed E-state index contributed by atoms with van der Waals surface area (Å²) < 4.78 is 7.20. The molecule has 1 aliphatic carbocycles. The van der Waals surface area contributed by atoms with E-state index in [9.17, 15) is 4.79 Å². The van der Waals surface area contributed by atoms with E-state index in [1.54, 1.807) is 0 Å². The van der Waals surface area contributed by atoms with E-state index in [0.29, 0.717) is 19.1 Å². The minimum Gasteiger partial charge on any atom is -0.465 e. The molecule has 0 spiro atoms. The van der Waals surface area contributed by atoms with Crippen LogP contribution in [-0.4, -0.2) is 27.3 Å². The van der Waals surface area contributed by atoms with E-state index in [1.165, 1.54) is 0 Å². The summed E-state index contributed by atoms with van der Waals surface area (Å²) in [5, 5.41) is 8.26. The van der Waals surface area contributed by atoms with Gasteiger partial charge in [-0.2, -0.15) is 0 Å². The molecule has 5 nitrogen and oxygen atoms in total. The second kappa shape index (κ2) is 4.85. The number of aryl methyl sites for hydroxylation is 1. The van der Waals surface area contributed by atoms with E-state index >= 15 is 0 Å². The number of esters is 1. The Balaban J connectivity index is 2.27. The number of carbonyl (C=O) groups is 1. The van der Waals surface area contributed by atoms with Gasteiger partial charge >= 0.3 is 5.97 Å². The predicted octanol–water partition coefficient (Wildman–Crippen LogP) is 1.98. The molecular weight excluding hydrogens is 218 g/mol. The molecular formula is C12H19N3O2. The summed E-state index contributed by atoms with van der Waals surface area (Å²) in [7, 11) is 0. The maximum Gasteiger partial charge on any atom is 0.316 e. The third-order valence-corrected chi connectivity index (χ3v) is 3.10. The van der Waals surface area contributed by atoms with Crippen molar-refractivity contribution in [3.8, 4) is 0 Å². The van der Waals surface area contributed by atoms with Crippen LogP contribution in [0.25, 0.3) is 0 Å². The number of hydrogen-bond acceptors (Lipinski definition) is 4. The zero-order valence-corrected chi connectivity index (χ0v) is 10.6. The van der Waals surface area contributed by atoms with Crippen LogP contribution >= 0.6 is 0 Å². The van der Waals surface area contributed by atoms with Gasteiger partial charge in [-0.25, -0.2) is 0 Å². The summed E-state index contributed by atoms with van der Waals surface area (Å²) in [6.45, 7) is 6.14. The molecule has 1 aliphatic rings. The van der Waals surface area contributed by atoms with Gasteiger partial charge in [-0.15, -0.1) is 10.2 Å². The van der Waals surface area contributed by atoms with Crippen molar-refractivity contribution in [1.82, 2.24) is 14.8 Å².